The van der Waals surface area contributed by atoms with Crippen LogP contribution in [0.4, 0.5) is 0 Å². The number of ketones is 1. The molecule has 0 spiro atoms. The molecule has 0 atom stereocenters. The van der Waals surface area contributed by atoms with E-state index in [4.69, 9.17) is 16.3 Å². The Morgan fingerprint density at radius 1 is 1.29 bits per heavy atom. The van der Waals surface area contributed by atoms with Gasteiger partial charge in [0, 0.05) is 30.8 Å². The molecule has 0 radical (unpaired) electrons. The summed E-state index contributed by atoms with van der Waals surface area (Å²) in [6, 6.07) is 6.21. The van der Waals surface area contributed by atoms with Crippen molar-refractivity contribution >= 4 is 23.3 Å². The van der Waals surface area contributed by atoms with Crippen LogP contribution in [-0.2, 0) is 9.53 Å². The van der Waals surface area contributed by atoms with Gasteiger partial charge in [-0.05, 0) is 30.7 Å². The van der Waals surface area contributed by atoms with E-state index < -0.39 is 11.7 Å². The number of methoxy groups -OCH3 is 1. The summed E-state index contributed by atoms with van der Waals surface area (Å²) in [6.45, 7) is 0.974. The number of ether oxygens (including phenoxy) is 1. The summed E-state index contributed by atoms with van der Waals surface area (Å²) >= 11 is 5.69. The predicted molar refractivity (Wildman–Crippen MR) is 65.3 cm³/mol. The van der Waals surface area contributed by atoms with Gasteiger partial charge in [-0.3, -0.25) is 9.59 Å². The summed E-state index contributed by atoms with van der Waals surface area (Å²) < 4.78 is 4.83. The Kier molecular flexibility index (Phi) is 5.66. The van der Waals surface area contributed by atoms with E-state index in [1.165, 1.54) is 12.1 Å². The van der Waals surface area contributed by atoms with Crippen molar-refractivity contribution in [2.45, 2.75) is 6.42 Å². The normalized spacial score (nSPS) is 10.0. The molecule has 17 heavy (non-hydrogen) atoms. The van der Waals surface area contributed by atoms with Crippen LogP contribution in [0.15, 0.2) is 24.3 Å². The topological polar surface area (TPSA) is 55.4 Å². The molecule has 0 aliphatic heterocycles. The molecular weight excluding hydrogens is 242 g/mol. The molecule has 0 aliphatic carbocycles. The average molecular weight is 256 g/mol. The molecule has 92 valence electrons. The number of Topliss-reactive ketones (excluding diaryl/α,β-unsaturated/α-hetero) is 1. The minimum atomic E-state index is -0.608. The number of hydrogen-bond donors (Lipinski definition) is 1. The molecule has 0 bridgehead atoms. The lowest BCUT2D eigenvalue weighted by Gasteiger charge is -2.04. The number of amides is 1. The molecule has 0 saturated carbocycles. The largest absolute Gasteiger partial charge is 0.385 e. The fraction of sp³-hybridized carbons (Fsp3) is 0.333. The second-order valence-corrected chi connectivity index (χ2v) is 3.87. The van der Waals surface area contributed by atoms with E-state index in [1.54, 1.807) is 19.2 Å². The minimum Gasteiger partial charge on any atom is -0.385 e. The van der Waals surface area contributed by atoms with Crippen molar-refractivity contribution in [3.8, 4) is 0 Å². The predicted octanol–water partition coefficient (Wildman–Crippen LogP) is 1.68. The van der Waals surface area contributed by atoms with Crippen LogP contribution >= 0.6 is 11.6 Å². The summed E-state index contributed by atoms with van der Waals surface area (Å²) in [5.41, 5.74) is 0.332. The Bertz CT molecular complexity index is 389. The van der Waals surface area contributed by atoms with Gasteiger partial charge in [0.25, 0.3) is 5.91 Å². The first-order valence-corrected chi connectivity index (χ1v) is 5.60. The molecule has 0 heterocycles. The summed E-state index contributed by atoms with van der Waals surface area (Å²) in [7, 11) is 1.58. The number of carbonyl (C=O) groups is 2. The van der Waals surface area contributed by atoms with Crippen molar-refractivity contribution in [1.82, 2.24) is 5.32 Å². The third kappa shape index (κ3) is 4.54. The minimum absolute atomic E-state index is 0.332. The Morgan fingerprint density at radius 3 is 2.53 bits per heavy atom. The Morgan fingerprint density at radius 2 is 1.94 bits per heavy atom. The van der Waals surface area contributed by atoms with E-state index in [-0.39, 0.29) is 0 Å². The third-order valence-corrected chi connectivity index (χ3v) is 2.38. The number of nitrogens with one attached hydrogen (secondary N) is 1. The summed E-state index contributed by atoms with van der Waals surface area (Å²) in [4.78, 5) is 23.1. The smallest absolute Gasteiger partial charge is 0.292 e. The zero-order valence-electron chi connectivity index (χ0n) is 9.53. The lowest BCUT2D eigenvalue weighted by atomic mass is 10.1. The molecule has 0 saturated heterocycles. The number of carbonyl (C=O) groups excluding carboxylic acids is 2. The molecule has 5 heteroatoms. The molecule has 4 nitrogen and oxygen atoms in total. The number of halogens is 1. The standard InChI is InChI=1S/C12H14ClNO3/c1-17-8-2-7-14-12(16)11(15)9-3-5-10(13)6-4-9/h3-6H,2,7-8H2,1H3,(H,14,16). The Labute approximate surface area is 105 Å². The zero-order valence-corrected chi connectivity index (χ0v) is 10.3. The second kappa shape index (κ2) is 7.04. The van der Waals surface area contributed by atoms with E-state index in [1.807, 2.05) is 0 Å². The van der Waals surface area contributed by atoms with Crippen LogP contribution in [0.2, 0.25) is 5.02 Å². The van der Waals surface area contributed by atoms with E-state index >= 15 is 0 Å². The first-order valence-electron chi connectivity index (χ1n) is 5.22. The van der Waals surface area contributed by atoms with Crippen LogP contribution in [0.5, 0.6) is 0 Å². The Hall–Kier alpha value is -1.39. The lowest BCUT2D eigenvalue weighted by Crippen LogP contribution is -2.32. The van der Waals surface area contributed by atoms with Crippen molar-refractivity contribution in [1.29, 1.82) is 0 Å². The fourth-order valence-electron chi connectivity index (χ4n) is 1.23. The van der Waals surface area contributed by atoms with Crippen LogP contribution < -0.4 is 5.32 Å². The highest BCUT2D eigenvalue weighted by Gasteiger charge is 2.14. The number of rotatable bonds is 6. The highest BCUT2D eigenvalue weighted by Crippen LogP contribution is 2.09. The molecule has 0 unspecified atom stereocenters. The maximum atomic E-state index is 11.6. The van der Waals surface area contributed by atoms with E-state index in [0.717, 1.165) is 0 Å². The van der Waals surface area contributed by atoms with Crippen LogP contribution in [-0.4, -0.2) is 32.0 Å². The number of hydrogen-bond acceptors (Lipinski definition) is 3. The van der Waals surface area contributed by atoms with Crippen molar-refractivity contribution < 1.29 is 14.3 Å². The van der Waals surface area contributed by atoms with Crippen molar-refractivity contribution in [2.24, 2.45) is 0 Å². The SMILES string of the molecule is COCCCNC(=O)C(=O)c1ccc(Cl)cc1. The van der Waals surface area contributed by atoms with E-state index in [9.17, 15) is 9.59 Å². The van der Waals surface area contributed by atoms with Crippen LogP contribution in [0.25, 0.3) is 0 Å². The molecule has 1 aromatic carbocycles. The van der Waals surface area contributed by atoms with E-state index in [2.05, 4.69) is 5.32 Å². The van der Waals surface area contributed by atoms with Gasteiger partial charge in [-0.15, -0.1) is 0 Å². The lowest BCUT2D eigenvalue weighted by molar-refractivity contribution is -0.117. The third-order valence-electron chi connectivity index (χ3n) is 2.12. The monoisotopic (exact) mass is 255 g/mol. The van der Waals surface area contributed by atoms with Gasteiger partial charge in [0.05, 0.1) is 0 Å². The van der Waals surface area contributed by atoms with Gasteiger partial charge in [0.15, 0.2) is 0 Å². The quantitative estimate of drug-likeness (QED) is 0.478. The molecule has 1 rings (SSSR count). The highest BCUT2D eigenvalue weighted by atomic mass is 35.5. The maximum absolute atomic E-state index is 11.6. The van der Waals surface area contributed by atoms with Crippen molar-refractivity contribution in [2.75, 3.05) is 20.3 Å². The summed E-state index contributed by atoms with van der Waals surface area (Å²) in [5.74, 6) is -1.16. The molecule has 0 fully saturated rings. The molecular formula is C12H14ClNO3. The van der Waals surface area contributed by atoms with Crippen LogP contribution in [0, 0.1) is 0 Å². The average Bonchev–Trinajstić information content (AvgIpc) is 2.34. The fourth-order valence-corrected chi connectivity index (χ4v) is 1.36. The summed E-state index contributed by atoms with van der Waals surface area (Å²) in [5, 5.41) is 3.06. The molecule has 0 aliphatic rings. The van der Waals surface area contributed by atoms with Gasteiger partial charge in [-0.1, -0.05) is 11.6 Å². The van der Waals surface area contributed by atoms with Gasteiger partial charge < -0.3 is 10.1 Å². The Balaban J connectivity index is 2.46. The molecule has 0 aromatic heterocycles. The first kappa shape index (κ1) is 13.7. The van der Waals surface area contributed by atoms with Gasteiger partial charge >= 0.3 is 0 Å². The molecule has 1 N–H and O–H groups in total. The van der Waals surface area contributed by atoms with Crippen LogP contribution in [0.1, 0.15) is 16.8 Å². The highest BCUT2D eigenvalue weighted by molar-refractivity contribution is 6.43. The van der Waals surface area contributed by atoms with E-state index in [0.29, 0.717) is 30.2 Å². The second-order valence-electron chi connectivity index (χ2n) is 3.44. The van der Waals surface area contributed by atoms with Crippen LogP contribution in [0.3, 0.4) is 0 Å². The summed E-state index contributed by atoms with van der Waals surface area (Å²) in [6.07, 6.45) is 0.677. The maximum Gasteiger partial charge on any atom is 0.292 e. The molecule has 1 amide bonds. The molecule has 1 aromatic rings. The number of benzene rings is 1. The van der Waals surface area contributed by atoms with Gasteiger partial charge in [-0.2, -0.15) is 0 Å². The van der Waals surface area contributed by atoms with Gasteiger partial charge in [0.1, 0.15) is 0 Å². The van der Waals surface area contributed by atoms with Crippen molar-refractivity contribution in [3.05, 3.63) is 34.9 Å². The van der Waals surface area contributed by atoms with Gasteiger partial charge in [-0.25, -0.2) is 0 Å². The zero-order chi connectivity index (χ0) is 12.7. The first-order chi connectivity index (χ1) is 8.15. The van der Waals surface area contributed by atoms with Crippen molar-refractivity contribution in [3.63, 3.8) is 0 Å². The van der Waals surface area contributed by atoms with Gasteiger partial charge in [0.2, 0.25) is 5.78 Å².